The molecule has 0 aliphatic heterocycles. The normalized spacial score (nSPS) is 10.8. The Bertz CT molecular complexity index is 525. The van der Waals surface area contributed by atoms with Gasteiger partial charge in [0.1, 0.15) is 0 Å². The highest BCUT2D eigenvalue weighted by Crippen LogP contribution is 2.20. The monoisotopic (exact) mass is 252 g/mol. The van der Waals surface area contributed by atoms with Gasteiger partial charge >= 0.3 is 0 Å². The van der Waals surface area contributed by atoms with Crippen LogP contribution in [0.2, 0.25) is 0 Å². The van der Waals surface area contributed by atoms with Crippen molar-refractivity contribution in [1.82, 2.24) is 15.0 Å². The number of unbranched alkanes of at least 4 members (excludes halogenated alkanes) is 1. The van der Waals surface area contributed by atoms with E-state index in [1.807, 2.05) is 0 Å². The number of aryl methyl sites for hydroxylation is 1. The third-order valence-electron chi connectivity index (χ3n) is 2.66. The number of nitrogens with zero attached hydrogens (tertiary/aromatic N) is 3. The van der Waals surface area contributed by atoms with Crippen LogP contribution >= 0.6 is 0 Å². The van der Waals surface area contributed by atoms with Gasteiger partial charge in [-0.05, 0) is 37.6 Å². The molecule has 2 N–H and O–H groups in total. The fourth-order valence-electron chi connectivity index (χ4n) is 1.71. The zero-order valence-electron chi connectivity index (χ0n) is 9.81. The number of nitrogens with two attached hydrogens (primary N) is 1. The summed E-state index contributed by atoms with van der Waals surface area (Å²) in [6.07, 6.45) is 3.29. The van der Waals surface area contributed by atoms with Gasteiger partial charge < -0.3 is 5.73 Å². The average Bonchev–Trinajstić information content (AvgIpc) is 2.81. The van der Waals surface area contributed by atoms with Crippen molar-refractivity contribution in [2.45, 2.75) is 19.4 Å². The first-order valence-electron chi connectivity index (χ1n) is 5.76. The number of aromatic nitrogens is 3. The molecule has 0 unspecified atom stereocenters. The second kappa shape index (κ2) is 5.68. The van der Waals surface area contributed by atoms with Crippen LogP contribution in [0.25, 0.3) is 11.3 Å². The molecule has 0 aliphatic carbocycles. The number of benzene rings is 1. The van der Waals surface area contributed by atoms with Crippen molar-refractivity contribution in [2.24, 2.45) is 5.73 Å². The summed E-state index contributed by atoms with van der Waals surface area (Å²) in [5.41, 5.74) is 6.65. The standard InChI is InChI=1S/C12H14F2N4/c13-10-4-3-9(7-11(10)14)12-8-16-17-18(12)6-2-1-5-15/h3-4,7-8H,1-2,5-6,15H2. The Morgan fingerprint density at radius 1 is 1.17 bits per heavy atom. The van der Waals surface area contributed by atoms with Crippen LogP contribution in [0.1, 0.15) is 12.8 Å². The van der Waals surface area contributed by atoms with Crippen molar-refractivity contribution in [3.05, 3.63) is 36.0 Å². The minimum absolute atomic E-state index is 0.562. The SMILES string of the molecule is NCCCCn1nncc1-c1ccc(F)c(F)c1. The van der Waals surface area contributed by atoms with Crippen molar-refractivity contribution in [2.75, 3.05) is 6.54 Å². The van der Waals surface area contributed by atoms with Crippen LogP contribution in [0.5, 0.6) is 0 Å². The predicted molar refractivity (Wildman–Crippen MR) is 63.7 cm³/mol. The van der Waals surface area contributed by atoms with Gasteiger partial charge in [-0.2, -0.15) is 0 Å². The van der Waals surface area contributed by atoms with Gasteiger partial charge in [0.15, 0.2) is 11.6 Å². The van der Waals surface area contributed by atoms with Crippen molar-refractivity contribution >= 4 is 0 Å². The third kappa shape index (κ3) is 2.70. The maximum Gasteiger partial charge on any atom is 0.159 e. The van der Waals surface area contributed by atoms with E-state index in [0.717, 1.165) is 25.0 Å². The first-order valence-corrected chi connectivity index (χ1v) is 5.76. The van der Waals surface area contributed by atoms with Gasteiger partial charge in [-0.25, -0.2) is 13.5 Å². The molecule has 0 atom stereocenters. The van der Waals surface area contributed by atoms with Gasteiger partial charge in [-0.15, -0.1) is 5.10 Å². The quantitative estimate of drug-likeness (QED) is 0.827. The predicted octanol–water partition coefficient (Wildman–Crippen LogP) is 1.96. The van der Waals surface area contributed by atoms with E-state index < -0.39 is 11.6 Å². The first kappa shape index (κ1) is 12.6. The molecule has 0 aliphatic rings. The van der Waals surface area contributed by atoms with Crippen molar-refractivity contribution in [1.29, 1.82) is 0 Å². The van der Waals surface area contributed by atoms with E-state index in [1.165, 1.54) is 12.3 Å². The maximum absolute atomic E-state index is 13.2. The molecule has 0 saturated carbocycles. The number of hydrogen-bond acceptors (Lipinski definition) is 3. The van der Waals surface area contributed by atoms with Gasteiger partial charge in [0.05, 0.1) is 11.9 Å². The summed E-state index contributed by atoms with van der Waals surface area (Å²) in [5, 5.41) is 7.72. The van der Waals surface area contributed by atoms with E-state index in [0.29, 0.717) is 24.3 Å². The Balaban J connectivity index is 2.22. The Morgan fingerprint density at radius 3 is 2.72 bits per heavy atom. The van der Waals surface area contributed by atoms with Crippen molar-refractivity contribution in [3.8, 4) is 11.3 Å². The molecule has 2 rings (SSSR count). The van der Waals surface area contributed by atoms with Crippen LogP contribution in [-0.2, 0) is 6.54 Å². The number of hydrogen-bond donors (Lipinski definition) is 1. The molecule has 6 heteroatoms. The fourth-order valence-corrected chi connectivity index (χ4v) is 1.71. The minimum Gasteiger partial charge on any atom is -0.330 e. The lowest BCUT2D eigenvalue weighted by Gasteiger charge is -2.06. The maximum atomic E-state index is 13.2. The topological polar surface area (TPSA) is 56.7 Å². The Kier molecular flexibility index (Phi) is 3.99. The smallest absolute Gasteiger partial charge is 0.159 e. The second-order valence-corrected chi connectivity index (χ2v) is 3.97. The van der Waals surface area contributed by atoms with E-state index in [-0.39, 0.29) is 0 Å². The molecule has 0 amide bonds. The molecule has 0 radical (unpaired) electrons. The molecule has 18 heavy (non-hydrogen) atoms. The molecule has 2 aromatic rings. The van der Waals surface area contributed by atoms with Crippen molar-refractivity contribution in [3.63, 3.8) is 0 Å². The summed E-state index contributed by atoms with van der Waals surface area (Å²) < 4.78 is 27.7. The Labute approximate surface area is 103 Å². The molecular formula is C12H14F2N4. The highest BCUT2D eigenvalue weighted by atomic mass is 19.2. The summed E-state index contributed by atoms with van der Waals surface area (Å²) in [6.45, 7) is 1.28. The zero-order valence-corrected chi connectivity index (χ0v) is 9.81. The molecule has 0 spiro atoms. The molecule has 1 heterocycles. The van der Waals surface area contributed by atoms with E-state index >= 15 is 0 Å². The van der Waals surface area contributed by atoms with E-state index in [9.17, 15) is 8.78 Å². The van der Waals surface area contributed by atoms with Gasteiger partial charge in [-0.1, -0.05) is 5.21 Å². The zero-order chi connectivity index (χ0) is 13.0. The first-order chi connectivity index (χ1) is 8.72. The van der Waals surface area contributed by atoms with Crippen LogP contribution < -0.4 is 5.73 Å². The second-order valence-electron chi connectivity index (χ2n) is 3.97. The van der Waals surface area contributed by atoms with Crippen LogP contribution in [0, 0.1) is 11.6 Å². The molecule has 0 fully saturated rings. The van der Waals surface area contributed by atoms with Gasteiger partial charge in [0, 0.05) is 12.1 Å². The molecule has 4 nitrogen and oxygen atoms in total. The molecule has 0 saturated heterocycles. The third-order valence-corrected chi connectivity index (χ3v) is 2.66. The van der Waals surface area contributed by atoms with Crippen LogP contribution in [-0.4, -0.2) is 21.5 Å². The number of halogens is 2. The molecule has 1 aromatic heterocycles. The largest absolute Gasteiger partial charge is 0.330 e. The van der Waals surface area contributed by atoms with E-state index in [4.69, 9.17) is 5.73 Å². The van der Waals surface area contributed by atoms with E-state index in [2.05, 4.69) is 10.3 Å². The lowest BCUT2D eigenvalue weighted by atomic mass is 10.1. The molecular weight excluding hydrogens is 238 g/mol. The highest BCUT2D eigenvalue weighted by Gasteiger charge is 2.09. The van der Waals surface area contributed by atoms with Crippen LogP contribution in [0.4, 0.5) is 8.78 Å². The van der Waals surface area contributed by atoms with Crippen LogP contribution in [0.3, 0.4) is 0 Å². The summed E-state index contributed by atoms with van der Waals surface area (Å²) >= 11 is 0. The lowest BCUT2D eigenvalue weighted by molar-refractivity contribution is 0.508. The molecule has 1 aromatic carbocycles. The fraction of sp³-hybridized carbons (Fsp3) is 0.333. The molecule has 0 bridgehead atoms. The molecule has 96 valence electrons. The van der Waals surface area contributed by atoms with Gasteiger partial charge in [-0.3, -0.25) is 0 Å². The summed E-state index contributed by atoms with van der Waals surface area (Å²) in [7, 11) is 0. The average molecular weight is 252 g/mol. The number of rotatable bonds is 5. The summed E-state index contributed by atoms with van der Waals surface area (Å²) in [6, 6.07) is 3.76. The summed E-state index contributed by atoms with van der Waals surface area (Å²) in [5.74, 6) is -1.73. The Morgan fingerprint density at radius 2 is 2.00 bits per heavy atom. The lowest BCUT2D eigenvalue weighted by Crippen LogP contribution is -2.06. The minimum atomic E-state index is -0.873. The summed E-state index contributed by atoms with van der Waals surface area (Å²) in [4.78, 5) is 0. The van der Waals surface area contributed by atoms with Crippen LogP contribution in [0.15, 0.2) is 24.4 Å². The van der Waals surface area contributed by atoms with Gasteiger partial charge in [0.2, 0.25) is 0 Å². The van der Waals surface area contributed by atoms with Crippen molar-refractivity contribution < 1.29 is 8.78 Å². The Hall–Kier alpha value is -1.82. The highest BCUT2D eigenvalue weighted by molar-refractivity contribution is 5.58. The van der Waals surface area contributed by atoms with E-state index in [1.54, 1.807) is 4.68 Å². The van der Waals surface area contributed by atoms with Gasteiger partial charge in [0.25, 0.3) is 0 Å².